The van der Waals surface area contributed by atoms with Crippen LogP contribution >= 0.6 is 0 Å². The fourth-order valence-corrected chi connectivity index (χ4v) is 2.04. The molecule has 0 radical (unpaired) electrons. The minimum Gasteiger partial charge on any atom is -0.354 e. The lowest BCUT2D eigenvalue weighted by atomic mass is 10.1. The molecule has 1 aromatic carbocycles. The lowest BCUT2D eigenvalue weighted by molar-refractivity contribution is 0.0947. The van der Waals surface area contributed by atoms with Gasteiger partial charge in [0, 0.05) is 18.4 Å². The van der Waals surface area contributed by atoms with Crippen LogP contribution < -0.4 is 10.6 Å². The Morgan fingerprint density at radius 3 is 2.83 bits per heavy atom. The maximum atomic E-state index is 12.1. The van der Waals surface area contributed by atoms with Crippen molar-refractivity contribution in [3.8, 4) is 6.07 Å². The summed E-state index contributed by atoms with van der Waals surface area (Å²) in [4.78, 5) is 16.2. The van der Waals surface area contributed by atoms with E-state index in [0.717, 1.165) is 12.1 Å². The van der Waals surface area contributed by atoms with E-state index in [1.165, 1.54) is 0 Å². The molecule has 0 aliphatic rings. The van der Waals surface area contributed by atoms with Crippen LogP contribution in [-0.2, 0) is 0 Å². The van der Waals surface area contributed by atoms with Gasteiger partial charge in [-0.25, -0.2) is 0 Å². The molecule has 2 N–H and O–H groups in total. The number of anilines is 2. The monoisotopic (exact) mass is 308 g/mol. The molecule has 0 aliphatic carbocycles. The largest absolute Gasteiger partial charge is 0.354 e. The van der Waals surface area contributed by atoms with Crippen molar-refractivity contribution in [1.29, 1.82) is 5.26 Å². The van der Waals surface area contributed by atoms with Crippen LogP contribution in [0.2, 0.25) is 0 Å². The van der Waals surface area contributed by atoms with Gasteiger partial charge < -0.3 is 10.6 Å². The molecule has 0 atom stereocenters. The summed E-state index contributed by atoms with van der Waals surface area (Å²) in [6, 6.07) is 12.8. The van der Waals surface area contributed by atoms with Gasteiger partial charge in [-0.15, -0.1) is 0 Å². The number of hydrogen-bond donors (Lipinski definition) is 2. The van der Waals surface area contributed by atoms with Crippen molar-refractivity contribution in [2.24, 2.45) is 5.92 Å². The summed E-state index contributed by atoms with van der Waals surface area (Å²) in [5.74, 6) is 0.349. The first-order chi connectivity index (χ1) is 11.1. The van der Waals surface area contributed by atoms with Crippen molar-refractivity contribution in [3.63, 3.8) is 0 Å². The molecule has 5 heteroatoms. The van der Waals surface area contributed by atoms with Crippen LogP contribution in [0.5, 0.6) is 0 Å². The Hall–Kier alpha value is -2.87. The standard InChI is InChI=1S/C18H20N4O/c1-13(2)7-9-21-18(23)17-11-15(8-10-20-17)22-16-6-4-3-5-14(16)12-19/h3-6,8,10-11,13H,7,9H2,1-2H3,(H,20,22)(H,21,23). The van der Waals surface area contributed by atoms with Crippen LogP contribution in [0.25, 0.3) is 0 Å². The number of pyridine rings is 1. The third kappa shape index (κ3) is 4.82. The van der Waals surface area contributed by atoms with E-state index in [4.69, 9.17) is 5.26 Å². The summed E-state index contributed by atoms with van der Waals surface area (Å²) < 4.78 is 0. The van der Waals surface area contributed by atoms with Gasteiger partial charge in [-0.3, -0.25) is 9.78 Å². The number of carbonyl (C=O) groups excluding carboxylic acids is 1. The Balaban J connectivity index is 2.08. The van der Waals surface area contributed by atoms with E-state index in [1.54, 1.807) is 24.4 Å². The summed E-state index contributed by atoms with van der Waals surface area (Å²) >= 11 is 0. The molecule has 0 aliphatic heterocycles. The summed E-state index contributed by atoms with van der Waals surface area (Å²) in [7, 11) is 0. The molecule has 23 heavy (non-hydrogen) atoms. The van der Waals surface area contributed by atoms with Crippen molar-refractivity contribution in [2.75, 3.05) is 11.9 Å². The summed E-state index contributed by atoms with van der Waals surface area (Å²) in [5, 5.41) is 15.1. The number of nitrogens with zero attached hydrogens (tertiary/aromatic N) is 2. The molecule has 0 spiro atoms. The van der Waals surface area contributed by atoms with Crippen LogP contribution in [0.4, 0.5) is 11.4 Å². The summed E-state index contributed by atoms with van der Waals surface area (Å²) in [6.45, 7) is 4.86. The van der Waals surface area contributed by atoms with Gasteiger partial charge >= 0.3 is 0 Å². The first-order valence-electron chi connectivity index (χ1n) is 7.60. The van der Waals surface area contributed by atoms with Gasteiger partial charge in [-0.05, 0) is 36.6 Å². The average molecular weight is 308 g/mol. The van der Waals surface area contributed by atoms with Crippen LogP contribution in [0.1, 0.15) is 36.3 Å². The SMILES string of the molecule is CC(C)CCNC(=O)c1cc(Nc2ccccc2C#N)ccn1. The molecule has 0 bridgehead atoms. The van der Waals surface area contributed by atoms with Gasteiger partial charge in [-0.1, -0.05) is 26.0 Å². The number of nitrogens with one attached hydrogen (secondary N) is 2. The fraction of sp³-hybridized carbons (Fsp3) is 0.278. The Kier molecular flexibility index (Phi) is 5.70. The summed E-state index contributed by atoms with van der Waals surface area (Å²) in [6.07, 6.45) is 2.51. The number of aromatic nitrogens is 1. The van der Waals surface area contributed by atoms with Gasteiger partial charge in [0.05, 0.1) is 11.3 Å². The molecule has 1 heterocycles. The highest BCUT2D eigenvalue weighted by molar-refractivity contribution is 5.93. The zero-order valence-corrected chi connectivity index (χ0v) is 13.3. The number of benzene rings is 1. The maximum absolute atomic E-state index is 12.1. The van der Waals surface area contributed by atoms with E-state index in [1.807, 2.05) is 18.2 Å². The predicted octanol–water partition coefficient (Wildman–Crippen LogP) is 3.47. The van der Waals surface area contributed by atoms with E-state index in [2.05, 4.69) is 35.5 Å². The van der Waals surface area contributed by atoms with Crippen LogP contribution in [0, 0.1) is 17.2 Å². The Morgan fingerprint density at radius 1 is 1.30 bits per heavy atom. The molecule has 2 aromatic rings. The normalized spacial score (nSPS) is 10.2. The van der Waals surface area contributed by atoms with Gasteiger partial charge in [0.2, 0.25) is 0 Å². The van der Waals surface area contributed by atoms with E-state index in [0.29, 0.717) is 29.4 Å². The highest BCUT2D eigenvalue weighted by atomic mass is 16.1. The molecule has 0 fully saturated rings. The van der Waals surface area contributed by atoms with Crippen molar-refractivity contribution in [3.05, 3.63) is 53.9 Å². The zero-order chi connectivity index (χ0) is 16.7. The molecule has 1 aromatic heterocycles. The third-order valence-corrected chi connectivity index (χ3v) is 3.33. The fourth-order valence-electron chi connectivity index (χ4n) is 2.04. The number of hydrogen-bond acceptors (Lipinski definition) is 4. The Morgan fingerprint density at radius 2 is 2.09 bits per heavy atom. The maximum Gasteiger partial charge on any atom is 0.269 e. The second-order valence-corrected chi connectivity index (χ2v) is 5.65. The van der Waals surface area contributed by atoms with Gasteiger partial charge in [0.15, 0.2) is 0 Å². The molecule has 1 amide bonds. The third-order valence-electron chi connectivity index (χ3n) is 3.33. The van der Waals surface area contributed by atoms with Crippen molar-refractivity contribution >= 4 is 17.3 Å². The minimum atomic E-state index is -0.192. The van der Waals surface area contributed by atoms with E-state index in [-0.39, 0.29) is 5.91 Å². The zero-order valence-electron chi connectivity index (χ0n) is 13.3. The number of para-hydroxylation sites is 1. The van der Waals surface area contributed by atoms with E-state index in [9.17, 15) is 4.79 Å². The lowest BCUT2D eigenvalue weighted by Crippen LogP contribution is -2.26. The van der Waals surface area contributed by atoms with Gasteiger partial charge in [0.25, 0.3) is 5.91 Å². The van der Waals surface area contributed by atoms with Crippen molar-refractivity contribution in [1.82, 2.24) is 10.3 Å². The van der Waals surface area contributed by atoms with Crippen LogP contribution in [0.15, 0.2) is 42.6 Å². The highest BCUT2D eigenvalue weighted by Gasteiger charge is 2.09. The average Bonchev–Trinajstić information content (AvgIpc) is 2.55. The molecular weight excluding hydrogens is 288 g/mol. The van der Waals surface area contributed by atoms with Gasteiger partial charge in [0.1, 0.15) is 11.8 Å². The molecule has 118 valence electrons. The second-order valence-electron chi connectivity index (χ2n) is 5.65. The first-order valence-corrected chi connectivity index (χ1v) is 7.60. The quantitative estimate of drug-likeness (QED) is 0.856. The van der Waals surface area contributed by atoms with Crippen molar-refractivity contribution < 1.29 is 4.79 Å². The van der Waals surface area contributed by atoms with Crippen LogP contribution in [0.3, 0.4) is 0 Å². The first kappa shape index (κ1) is 16.5. The molecule has 0 saturated heterocycles. The van der Waals surface area contributed by atoms with E-state index >= 15 is 0 Å². The summed E-state index contributed by atoms with van der Waals surface area (Å²) in [5.41, 5.74) is 2.32. The molecule has 5 nitrogen and oxygen atoms in total. The number of amides is 1. The smallest absolute Gasteiger partial charge is 0.269 e. The molecule has 0 unspecified atom stereocenters. The number of carbonyl (C=O) groups is 1. The number of nitriles is 1. The Labute approximate surface area is 136 Å². The van der Waals surface area contributed by atoms with Crippen molar-refractivity contribution in [2.45, 2.75) is 20.3 Å². The molecule has 0 saturated carbocycles. The van der Waals surface area contributed by atoms with Gasteiger partial charge in [-0.2, -0.15) is 5.26 Å². The Bertz CT molecular complexity index is 719. The lowest BCUT2D eigenvalue weighted by Gasteiger charge is -2.10. The molecule has 2 rings (SSSR count). The second kappa shape index (κ2) is 7.95. The number of rotatable bonds is 6. The minimum absolute atomic E-state index is 0.192. The topological polar surface area (TPSA) is 77.8 Å². The molecular formula is C18H20N4O. The highest BCUT2D eigenvalue weighted by Crippen LogP contribution is 2.20. The van der Waals surface area contributed by atoms with E-state index < -0.39 is 0 Å². The predicted molar refractivity (Wildman–Crippen MR) is 90.5 cm³/mol. The van der Waals surface area contributed by atoms with Crippen LogP contribution in [-0.4, -0.2) is 17.4 Å².